The molecule has 1 atom stereocenters. The van der Waals surface area contributed by atoms with E-state index in [2.05, 4.69) is 15.5 Å². The minimum Gasteiger partial charge on any atom is -0.374 e. The summed E-state index contributed by atoms with van der Waals surface area (Å²) in [5, 5.41) is 6.43. The minimum atomic E-state index is -0.402. The number of nitrogens with zero attached hydrogens (tertiary/aromatic N) is 1. The zero-order valence-electron chi connectivity index (χ0n) is 14.6. The molecule has 0 radical (unpaired) electrons. The van der Waals surface area contributed by atoms with Crippen LogP contribution in [0.25, 0.3) is 0 Å². The average Bonchev–Trinajstić information content (AvgIpc) is 2.63. The fraction of sp³-hybridized carbons (Fsp3) is 0.316. The smallest absolute Gasteiger partial charge is 0.319 e. The summed E-state index contributed by atoms with van der Waals surface area (Å²) >= 11 is 12.0. The number of urea groups is 1. The zero-order valence-corrected chi connectivity index (χ0v) is 16.1. The van der Waals surface area contributed by atoms with E-state index < -0.39 is 11.8 Å². The van der Waals surface area contributed by atoms with Gasteiger partial charge in [0.25, 0.3) is 0 Å². The van der Waals surface area contributed by atoms with E-state index in [0.29, 0.717) is 35.4 Å². The lowest BCUT2D eigenvalue weighted by atomic mass is 10.2. The van der Waals surface area contributed by atoms with E-state index in [4.69, 9.17) is 27.9 Å². The predicted octanol–water partition coefficient (Wildman–Crippen LogP) is 4.16. The molecule has 144 valence electrons. The van der Waals surface area contributed by atoms with Gasteiger partial charge >= 0.3 is 6.03 Å². The average molecular weight is 412 g/mol. The number of ether oxygens (including phenoxy) is 1. The van der Waals surface area contributed by atoms with E-state index in [1.54, 1.807) is 12.1 Å². The molecule has 0 aliphatic carbocycles. The standard InChI is InChI=1S/C19H20Cl2FN3O2/c20-17-5-4-13(8-18(17)21)11-25-6-7-27-16(12-25)10-23-19(26)24-15-3-1-2-14(22)9-15/h1-5,8-9,16H,6-7,10-12H2,(H2,23,24,26). The number of carbonyl (C=O) groups excluding carboxylic acids is 1. The molecule has 0 saturated carbocycles. The van der Waals surface area contributed by atoms with Gasteiger partial charge in [0, 0.05) is 31.9 Å². The van der Waals surface area contributed by atoms with Crippen LogP contribution in [0.2, 0.25) is 10.0 Å². The molecule has 0 spiro atoms. The van der Waals surface area contributed by atoms with Gasteiger partial charge in [-0.15, -0.1) is 0 Å². The van der Waals surface area contributed by atoms with Gasteiger partial charge in [-0.05, 0) is 35.9 Å². The van der Waals surface area contributed by atoms with E-state index in [1.165, 1.54) is 18.2 Å². The first-order valence-electron chi connectivity index (χ1n) is 8.58. The number of hydrogen-bond acceptors (Lipinski definition) is 3. The van der Waals surface area contributed by atoms with Gasteiger partial charge in [-0.2, -0.15) is 0 Å². The van der Waals surface area contributed by atoms with Crippen LogP contribution in [0.4, 0.5) is 14.9 Å². The highest BCUT2D eigenvalue weighted by atomic mass is 35.5. The van der Waals surface area contributed by atoms with Crippen molar-refractivity contribution in [1.29, 1.82) is 0 Å². The number of morpholine rings is 1. The zero-order chi connectivity index (χ0) is 19.2. The Kier molecular flexibility index (Phi) is 6.90. The first-order valence-corrected chi connectivity index (χ1v) is 9.33. The molecular formula is C19H20Cl2FN3O2. The molecule has 0 bridgehead atoms. The molecule has 1 fully saturated rings. The molecule has 5 nitrogen and oxygen atoms in total. The summed E-state index contributed by atoms with van der Waals surface area (Å²) in [6.07, 6.45) is -0.125. The molecule has 0 aromatic heterocycles. The van der Waals surface area contributed by atoms with Crippen molar-refractivity contribution >= 4 is 34.9 Å². The topological polar surface area (TPSA) is 53.6 Å². The highest BCUT2D eigenvalue weighted by Gasteiger charge is 2.21. The van der Waals surface area contributed by atoms with Crippen molar-refractivity contribution in [1.82, 2.24) is 10.2 Å². The van der Waals surface area contributed by atoms with E-state index in [-0.39, 0.29) is 6.10 Å². The fourth-order valence-corrected chi connectivity index (χ4v) is 3.21. The minimum absolute atomic E-state index is 0.125. The first-order chi connectivity index (χ1) is 13.0. The number of anilines is 1. The SMILES string of the molecule is O=C(NCC1CN(Cc2ccc(Cl)c(Cl)c2)CCO1)Nc1cccc(F)c1. The maximum atomic E-state index is 13.2. The Morgan fingerprint density at radius 2 is 2.07 bits per heavy atom. The van der Waals surface area contributed by atoms with Crippen LogP contribution in [0.3, 0.4) is 0 Å². The van der Waals surface area contributed by atoms with Gasteiger partial charge in [0.05, 0.1) is 22.8 Å². The Morgan fingerprint density at radius 3 is 2.85 bits per heavy atom. The molecule has 27 heavy (non-hydrogen) atoms. The fourth-order valence-electron chi connectivity index (χ4n) is 2.89. The summed E-state index contributed by atoms with van der Waals surface area (Å²) in [4.78, 5) is 14.2. The monoisotopic (exact) mass is 411 g/mol. The Morgan fingerprint density at radius 1 is 1.22 bits per heavy atom. The van der Waals surface area contributed by atoms with Gasteiger partial charge in [0.1, 0.15) is 5.82 Å². The highest BCUT2D eigenvalue weighted by Crippen LogP contribution is 2.23. The number of nitrogens with one attached hydrogen (secondary N) is 2. The molecule has 2 N–H and O–H groups in total. The Bertz CT molecular complexity index is 806. The maximum Gasteiger partial charge on any atom is 0.319 e. The Balaban J connectivity index is 1.46. The van der Waals surface area contributed by atoms with Gasteiger partial charge in [0.2, 0.25) is 0 Å². The second-order valence-electron chi connectivity index (χ2n) is 6.32. The summed E-state index contributed by atoms with van der Waals surface area (Å²) in [6, 6.07) is 10.9. The van der Waals surface area contributed by atoms with Crippen molar-refractivity contribution in [3.05, 3.63) is 63.9 Å². The van der Waals surface area contributed by atoms with E-state index in [0.717, 1.165) is 18.7 Å². The van der Waals surface area contributed by atoms with Crippen LogP contribution in [0, 0.1) is 5.82 Å². The number of benzene rings is 2. The second kappa shape index (κ2) is 9.37. The van der Waals surface area contributed by atoms with Crippen LogP contribution in [-0.4, -0.2) is 43.3 Å². The predicted molar refractivity (Wildman–Crippen MR) is 105 cm³/mol. The van der Waals surface area contributed by atoms with Crippen molar-refractivity contribution in [2.75, 3.05) is 31.6 Å². The molecule has 1 saturated heterocycles. The van der Waals surface area contributed by atoms with Crippen LogP contribution in [-0.2, 0) is 11.3 Å². The maximum absolute atomic E-state index is 13.2. The lowest BCUT2D eigenvalue weighted by molar-refractivity contribution is -0.0285. The molecule has 2 aromatic rings. The Labute approximate surface area is 167 Å². The Hall–Kier alpha value is -1.86. The second-order valence-corrected chi connectivity index (χ2v) is 7.14. The van der Waals surface area contributed by atoms with Crippen molar-refractivity contribution in [2.45, 2.75) is 12.6 Å². The molecule has 1 unspecified atom stereocenters. The summed E-state index contributed by atoms with van der Waals surface area (Å²) in [5.74, 6) is -0.402. The molecule has 1 aliphatic heterocycles. The summed E-state index contributed by atoms with van der Waals surface area (Å²) in [5.41, 5.74) is 1.47. The van der Waals surface area contributed by atoms with Gasteiger partial charge in [-0.3, -0.25) is 4.90 Å². The number of rotatable bonds is 5. The van der Waals surface area contributed by atoms with Crippen LogP contribution in [0.15, 0.2) is 42.5 Å². The normalized spacial score (nSPS) is 17.5. The molecule has 2 aromatic carbocycles. The first kappa shape index (κ1) is 19.9. The number of carbonyl (C=O) groups is 1. The van der Waals surface area contributed by atoms with Crippen molar-refractivity contribution in [2.24, 2.45) is 0 Å². The third-order valence-corrected chi connectivity index (χ3v) is 4.92. The molecule has 1 aliphatic rings. The molecule has 8 heteroatoms. The molecule has 2 amide bonds. The third-order valence-electron chi connectivity index (χ3n) is 4.19. The van der Waals surface area contributed by atoms with Gasteiger partial charge in [-0.1, -0.05) is 35.3 Å². The van der Waals surface area contributed by atoms with Crippen LogP contribution in [0.1, 0.15) is 5.56 Å². The van der Waals surface area contributed by atoms with Gasteiger partial charge in [0.15, 0.2) is 0 Å². The summed E-state index contributed by atoms with van der Waals surface area (Å²) in [7, 11) is 0. The lowest BCUT2D eigenvalue weighted by Crippen LogP contribution is -2.47. The van der Waals surface area contributed by atoms with Crippen LogP contribution in [0.5, 0.6) is 0 Å². The van der Waals surface area contributed by atoms with E-state index in [9.17, 15) is 9.18 Å². The molecule has 1 heterocycles. The van der Waals surface area contributed by atoms with Crippen LogP contribution >= 0.6 is 23.2 Å². The van der Waals surface area contributed by atoms with Gasteiger partial charge in [-0.25, -0.2) is 9.18 Å². The quantitative estimate of drug-likeness (QED) is 0.776. The molecule has 3 rings (SSSR count). The number of halogens is 3. The summed E-state index contributed by atoms with van der Waals surface area (Å²) in [6.45, 7) is 3.15. The van der Waals surface area contributed by atoms with Crippen molar-refractivity contribution in [3.8, 4) is 0 Å². The van der Waals surface area contributed by atoms with E-state index in [1.807, 2.05) is 12.1 Å². The van der Waals surface area contributed by atoms with Crippen molar-refractivity contribution in [3.63, 3.8) is 0 Å². The largest absolute Gasteiger partial charge is 0.374 e. The number of hydrogen-bond donors (Lipinski definition) is 2. The lowest BCUT2D eigenvalue weighted by Gasteiger charge is -2.33. The van der Waals surface area contributed by atoms with Gasteiger partial charge < -0.3 is 15.4 Å². The highest BCUT2D eigenvalue weighted by molar-refractivity contribution is 6.42. The number of amides is 2. The third kappa shape index (κ3) is 6.07. The molecular weight excluding hydrogens is 392 g/mol. The van der Waals surface area contributed by atoms with E-state index >= 15 is 0 Å². The van der Waals surface area contributed by atoms with Crippen molar-refractivity contribution < 1.29 is 13.9 Å². The van der Waals surface area contributed by atoms with Crippen LogP contribution < -0.4 is 10.6 Å². The summed E-state index contributed by atoms with van der Waals surface area (Å²) < 4.78 is 18.9.